The molecule has 1 aromatic heterocycles. The van der Waals surface area contributed by atoms with Crippen LogP contribution in [0.25, 0.3) is 0 Å². The van der Waals surface area contributed by atoms with E-state index in [2.05, 4.69) is 27.7 Å². The van der Waals surface area contributed by atoms with Crippen LogP contribution >= 0.6 is 11.3 Å². The van der Waals surface area contributed by atoms with Crippen LogP contribution in [0, 0.1) is 0 Å². The topological polar surface area (TPSA) is 32.3 Å². The number of carbonyl (C=O) groups is 1. The van der Waals surface area contributed by atoms with Crippen LogP contribution in [-0.4, -0.2) is 29.9 Å². The number of hydrogen-bond acceptors (Lipinski definition) is 3. The molecule has 1 saturated carbocycles. The molecular formula is C14H18N2OS. The zero-order valence-corrected chi connectivity index (χ0v) is 11.4. The van der Waals surface area contributed by atoms with Crippen molar-refractivity contribution < 1.29 is 4.79 Å². The van der Waals surface area contributed by atoms with E-state index < -0.39 is 0 Å². The SMILES string of the molecule is CC(C(=O)N(Cc1cccs1)C1CC1)=C1CNC1. The number of carbonyl (C=O) groups excluding carboxylic acids is 1. The van der Waals surface area contributed by atoms with Crippen molar-refractivity contribution in [3.63, 3.8) is 0 Å². The predicted octanol–water partition coefficient (Wildman–Crippen LogP) is 2.16. The molecule has 1 saturated heterocycles. The van der Waals surface area contributed by atoms with E-state index >= 15 is 0 Å². The Balaban J connectivity index is 1.75. The maximum absolute atomic E-state index is 12.5. The van der Waals surface area contributed by atoms with Gasteiger partial charge in [0, 0.05) is 29.6 Å². The fourth-order valence-electron chi connectivity index (χ4n) is 2.21. The van der Waals surface area contributed by atoms with Crippen molar-refractivity contribution in [2.45, 2.75) is 32.4 Å². The predicted molar refractivity (Wildman–Crippen MR) is 73.5 cm³/mol. The van der Waals surface area contributed by atoms with Gasteiger partial charge in [0.15, 0.2) is 0 Å². The normalized spacial score (nSPS) is 18.4. The third kappa shape index (κ3) is 2.35. The summed E-state index contributed by atoms with van der Waals surface area (Å²) in [5.74, 6) is 0.238. The van der Waals surface area contributed by atoms with Crippen LogP contribution in [0.4, 0.5) is 0 Å². The molecular weight excluding hydrogens is 244 g/mol. The molecule has 1 amide bonds. The van der Waals surface area contributed by atoms with Crippen LogP contribution in [0.5, 0.6) is 0 Å². The molecule has 96 valence electrons. The van der Waals surface area contributed by atoms with Crippen molar-refractivity contribution >= 4 is 17.2 Å². The minimum atomic E-state index is 0.238. The Morgan fingerprint density at radius 3 is 2.78 bits per heavy atom. The van der Waals surface area contributed by atoms with Gasteiger partial charge < -0.3 is 10.2 Å². The summed E-state index contributed by atoms with van der Waals surface area (Å²) >= 11 is 1.73. The van der Waals surface area contributed by atoms with Gasteiger partial charge >= 0.3 is 0 Å². The van der Waals surface area contributed by atoms with E-state index in [0.717, 1.165) is 38.0 Å². The van der Waals surface area contributed by atoms with Crippen LogP contribution in [0.2, 0.25) is 0 Å². The number of nitrogens with one attached hydrogen (secondary N) is 1. The standard InChI is InChI=1S/C14H18N2OS/c1-10(11-7-15-8-11)14(17)16(12-4-5-12)9-13-3-2-6-18-13/h2-3,6,12,15H,4-5,7-9H2,1H3. The van der Waals surface area contributed by atoms with Gasteiger partial charge in [-0.3, -0.25) is 4.79 Å². The lowest BCUT2D eigenvalue weighted by molar-refractivity contribution is -0.128. The van der Waals surface area contributed by atoms with E-state index in [0.29, 0.717) is 6.04 Å². The number of rotatable bonds is 4. The van der Waals surface area contributed by atoms with Gasteiger partial charge in [-0.05, 0) is 36.8 Å². The lowest BCUT2D eigenvalue weighted by atomic mass is 10.0. The molecule has 1 aliphatic carbocycles. The Kier molecular flexibility index (Phi) is 3.22. The smallest absolute Gasteiger partial charge is 0.250 e. The number of thiophene rings is 1. The molecule has 0 radical (unpaired) electrons. The molecule has 0 atom stereocenters. The van der Waals surface area contributed by atoms with E-state index in [1.807, 2.05) is 6.92 Å². The van der Waals surface area contributed by atoms with Crippen LogP contribution in [-0.2, 0) is 11.3 Å². The second kappa shape index (κ2) is 4.86. The Bertz CT molecular complexity index is 468. The second-order valence-corrected chi connectivity index (χ2v) is 6.11. The van der Waals surface area contributed by atoms with E-state index in [1.165, 1.54) is 10.5 Å². The zero-order valence-electron chi connectivity index (χ0n) is 10.6. The summed E-state index contributed by atoms with van der Waals surface area (Å²) in [5.41, 5.74) is 2.23. The third-order valence-electron chi connectivity index (χ3n) is 3.68. The molecule has 2 heterocycles. The summed E-state index contributed by atoms with van der Waals surface area (Å²) in [7, 11) is 0. The van der Waals surface area contributed by atoms with Gasteiger partial charge in [-0.1, -0.05) is 6.07 Å². The van der Waals surface area contributed by atoms with Crippen molar-refractivity contribution in [1.82, 2.24) is 10.2 Å². The van der Waals surface area contributed by atoms with Crippen LogP contribution in [0.1, 0.15) is 24.6 Å². The highest BCUT2D eigenvalue weighted by Gasteiger charge is 2.34. The molecule has 1 aliphatic heterocycles. The fraction of sp³-hybridized carbons (Fsp3) is 0.500. The van der Waals surface area contributed by atoms with Crippen LogP contribution < -0.4 is 5.32 Å². The number of hydrogen-bond donors (Lipinski definition) is 1. The lowest BCUT2D eigenvalue weighted by Gasteiger charge is -2.27. The van der Waals surface area contributed by atoms with E-state index in [9.17, 15) is 4.79 Å². The van der Waals surface area contributed by atoms with Crippen molar-refractivity contribution in [3.05, 3.63) is 33.5 Å². The summed E-state index contributed by atoms with van der Waals surface area (Å²) < 4.78 is 0. The molecule has 0 unspecified atom stereocenters. The molecule has 18 heavy (non-hydrogen) atoms. The van der Waals surface area contributed by atoms with Gasteiger partial charge in [0.2, 0.25) is 5.91 Å². The van der Waals surface area contributed by atoms with E-state index in [1.54, 1.807) is 11.3 Å². The Hall–Kier alpha value is -1.13. The minimum Gasteiger partial charge on any atom is -0.331 e. The molecule has 0 bridgehead atoms. The van der Waals surface area contributed by atoms with Crippen molar-refractivity contribution in [2.24, 2.45) is 0 Å². The maximum Gasteiger partial charge on any atom is 0.250 e. The molecule has 0 spiro atoms. The zero-order chi connectivity index (χ0) is 12.5. The largest absolute Gasteiger partial charge is 0.331 e. The highest BCUT2D eigenvalue weighted by atomic mass is 32.1. The number of amides is 1. The van der Waals surface area contributed by atoms with Gasteiger partial charge in [-0.15, -0.1) is 11.3 Å². The molecule has 3 rings (SSSR count). The third-order valence-corrected chi connectivity index (χ3v) is 4.54. The Morgan fingerprint density at radius 1 is 1.50 bits per heavy atom. The highest BCUT2D eigenvalue weighted by Crippen LogP contribution is 2.31. The van der Waals surface area contributed by atoms with Gasteiger partial charge in [0.05, 0.1) is 6.54 Å². The van der Waals surface area contributed by atoms with Crippen molar-refractivity contribution in [3.8, 4) is 0 Å². The summed E-state index contributed by atoms with van der Waals surface area (Å²) in [5, 5.41) is 5.28. The van der Waals surface area contributed by atoms with Crippen LogP contribution in [0.3, 0.4) is 0 Å². The monoisotopic (exact) mass is 262 g/mol. The Labute approximate surface area is 111 Å². The highest BCUT2D eigenvalue weighted by molar-refractivity contribution is 7.09. The summed E-state index contributed by atoms with van der Waals surface area (Å²) in [6.07, 6.45) is 2.33. The molecule has 1 aromatic rings. The van der Waals surface area contributed by atoms with E-state index in [-0.39, 0.29) is 5.91 Å². The molecule has 2 fully saturated rings. The molecule has 2 aliphatic rings. The lowest BCUT2D eigenvalue weighted by Crippen LogP contribution is -2.39. The first-order valence-electron chi connectivity index (χ1n) is 6.48. The summed E-state index contributed by atoms with van der Waals surface area (Å²) in [6, 6.07) is 4.64. The van der Waals surface area contributed by atoms with E-state index in [4.69, 9.17) is 0 Å². The van der Waals surface area contributed by atoms with Gasteiger partial charge in [0.1, 0.15) is 0 Å². The molecule has 1 N–H and O–H groups in total. The average molecular weight is 262 g/mol. The number of nitrogens with zero attached hydrogens (tertiary/aromatic N) is 1. The summed E-state index contributed by atoms with van der Waals surface area (Å²) in [6.45, 7) is 4.52. The van der Waals surface area contributed by atoms with Gasteiger partial charge in [0.25, 0.3) is 0 Å². The van der Waals surface area contributed by atoms with Gasteiger partial charge in [-0.25, -0.2) is 0 Å². The maximum atomic E-state index is 12.5. The molecule has 0 aromatic carbocycles. The first-order valence-corrected chi connectivity index (χ1v) is 7.36. The van der Waals surface area contributed by atoms with Crippen molar-refractivity contribution in [1.29, 1.82) is 0 Å². The minimum absolute atomic E-state index is 0.238. The van der Waals surface area contributed by atoms with Crippen LogP contribution in [0.15, 0.2) is 28.7 Å². The van der Waals surface area contributed by atoms with Gasteiger partial charge in [-0.2, -0.15) is 0 Å². The summed E-state index contributed by atoms with van der Waals surface area (Å²) in [4.78, 5) is 15.9. The average Bonchev–Trinajstić information content (AvgIpc) is 3.00. The Morgan fingerprint density at radius 2 is 2.28 bits per heavy atom. The first-order chi connectivity index (χ1) is 8.75. The first kappa shape index (κ1) is 11.9. The fourth-order valence-corrected chi connectivity index (χ4v) is 2.91. The molecule has 4 heteroatoms. The second-order valence-electron chi connectivity index (χ2n) is 5.08. The van der Waals surface area contributed by atoms with Crippen molar-refractivity contribution in [2.75, 3.05) is 13.1 Å². The molecule has 3 nitrogen and oxygen atoms in total. The quantitative estimate of drug-likeness (QED) is 0.843.